The molecule has 0 radical (unpaired) electrons. The fraction of sp³-hybridized carbons (Fsp3) is 0.360. The Morgan fingerprint density at radius 1 is 1.17 bits per heavy atom. The van der Waals surface area contributed by atoms with Crippen molar-refractivity contribution in [2.45, 2.75) is 50.4 Å². The first-order chi connectivity index (χ1) is 17.4. The van der Waals surface area contributed by atoms with Crippen LogP contribution in [0.25, 0.3) is 22.2 Å². The van der Waals surface area contributed by atoms with Gasteiger partial charge in [0.05, 0.1) is 23.4 Å². The molecule has 0 amide bonds. The number of ether oxygens (including phenoxy) is 1. The van der Waals surface area contributed by atoms with Gasteiger partial charge in [0, 0.05) is 46.6 Å². The first-order valence-corrected chi connectivity index (χ1v) is 11.9. The van der Waals surface area contributed by atoms with Gasteiger partial charge in [-0.3, -0.25) is 9.07 Å². The average Bonchev–Trinajstić information content (AvgIpc) is 3.51. The molecule has 1 unspecified atom stereocenters. The van der Waals surface area contributed by atoms with Crippen LogP contribution in [0, 0.1) is 5.82 Å². The van der Waals surface area contributed by atoms with Crippen LogP contribution in [0.1, 0.15) is 48.8 Å². The van der Waals surface area contributed by atoms with Gasteiger partial charge >= 0.3 is 6.61 Å². The number of H-pyrrole nitrogens is 1. The van der Waals surface area contributed by atoms with Crippen LogP contribution in [0.3, 0.4) is 0 Å². The molecule has 36 heavy (non-hydrogen) atoms. The highest BCUT2D eigenvalue weighted by Crippen LogP contribution is 2.42. The molecule has 2 N–H and O–H groups in total. The molecule has 3 heterocycles. The number of aromatic nitrogens is 4. The van der Waals surface area contributed by atoms with Gasteiger partial charge < -0.3 is 14.8 Å². The second-order valence-corrected chi connectivity index (χ2v) is 9.27. The molecule has 1 saturated carbocycles. The fourth-order valence-corrected chi connectivity index (χ4v) is 5.16. The lowest BCUT2D eigenvalue weighted by Crippen LogP contribution is -2.21. The summed E-state index contributed by atoms with van der Waals surface area (Å²) >= 11 is 6.12. The van der Waals surface area contributed by atoms with Crippen LogP contribution in [-0.2, 0) is 0 Å². The molecule has 0 bridgehead atoms. The molecule has 1 fully saturated rings. The first kappa shape index (κ1) is 24.6. The molecule has 4 aromatic rings. The van der Waals surface area contributed by atoms with E-state index in [9.17, 15) is 22.7 Å². The van der Waals surface area contributed by atoms with Crippen molar-refractivity contribution in [2.24, 2.45) is 0 Å². The number of nitrogens with zero attached hydrogens (tertiary/aromatic N) is 3. The number of aliphatic hydroxyl groups is 1. The minimum atomic E-state index is -3.19. The molecular weight excluding hydrogens is 500 g/mol. The molecule has 0 spiro atoms. The number of alkyl halides is 3. The van der Waals surface area contributed by atoms with Gasteiger partial charge in [-0.25, -0.2) is 9.37 Å². The standard InChI is InChI=1S/C25H23ClF4N4O2/c26-23-20(28)5-6-21(36-25(29)30)22(23)18(8-27)19-11-32-24-17(19)7-13(9-31-24)14-10-33-34(12-14)15-1-3-16(35)4-2-15/h5-7,9-12,15-16,18,25,35H,1-4,8H2,(H,31,32). The van der Waals surface area contributed by atoms with E-state index in [2.05, 4.69) is 19.8 Å². The Kier molecular flexibility index (Phi) is 6.90. The summed E-state index contributed by atoms with van der Waals surface area (Å²) in [7, 11) is 0. The molecule has 1 atom stereocenters. The maximum absolute atomic E-state index is 14.4. The quantitative estimate of drug-likeness (QED) is 0.275. The number of halogens is 5. The van der Waals surface area contributed by atoms with Crippen molar-refractivity contribution < 1.29 is 27.4 Å². The number of hydrogen-bond donors (Lipinski definition) is 2. The summed E-state index contributed by atoms with van der Waals surface area (Å²) < 4.78 is 61.1. The van der Waals surface area contributed by atoms with E-state index in [1.807, 2.05) is 10.9 Å². The third kappa shape index (κ3) is 4.67. The molecule has 3 aromatic heterocycles. The second kappa shape index (κ2) is 10.1. The van der Waals surface area contributed by atoms with Crippen molar-refractivity contribution in [1.82, 2.24) is 19.7 Å². The highest BCUT2D eigenvalue weighted by molar-refractivity contribution is 6.31. The molecular formula is C25H23ClF4N4O2. The van der Waals surface area contributed by atoms with Crippen molar-refractivity contribution in [3.63, 3.8) is 0 Å². The zero-order valence-corrected chi connectivity index (χ0v) is 19.7. The SMILES string of the molecule is OC1CCC(n2cc(-c3cnc4[nH]cc(C(CF)c5c(OC(F)F)ccc(F)c5Cl)c4c3)cn2)CC1. The van der Waals surface area contributed by atoms with E-state index in [0.717, 1.165) is 48.9 Å². The van der Waals surface area contributed by atoms with Crippen molar-refractivity contribution in [3.8, 4) is 16.9 Å². The predicted molar refractivity (Wildman–Crippen MR) is 127 cm³/mol. The lowest BCUT2D eigenvalue weighted by Gasteiger charge is -2.25. The zero-order valence-electron chi connectivity index (χ0n) is 19.0. The number of benzene rings is 1. The number of pyridine rings is 1. The summed E-state index contributed by atoms with van der Waals surface area (Å²) in [6, 6.07) is 3.91. The molecule has 1 aromatic carbocycles. The second-order valence-electron chi connectivity index (χ2n) is 8.89. The minimum absolute atomic E-state index is 0.195. The third-order valence-electron chi connectivity index (χ3n) is 6.73. The Balaban J connectivity index is 1.53. The van der Waals surface area contributed by atoms with E-state index in [1.54, 1.807) is 18.5 Å². The number of aromatic amines is 1. The van der Waals surface area contributed by atoms with Crippen LogP contribution in [0.5, 0.6) is 5.75 Å². The normalized spacial score (nSPS) is 19.2. The number of fused-ring (bicyclic) bond motifs is 1. The molecule has 6 nitrogen and oxygen atoms in total. The van der Waals surface area contributed by atoms with Crippen LogP contribution in [-0.4, -0.2) is 44.2 Å². The highest BCUT2D eigenvalue weighted by Gasteiger charge is 2.28. The number of rotatable bonds is 7. The number of hydrogen-bond acceptors (Lipinski definition) is 4. The van der Waals surface area contributed by atoms with E-state index < -0.39 is 35.8 Å². The lowest BCUT2D eigenvalue weighted by molar-refractivity contribution is -0.0506. The Morgan fingerprint density at radius 3 is 2.67 bits per heavy atom. The topological polar surface area (TPSA) is 76.0 Å². The van der Waals surface area contributed by atoms with Crippen LogP contribution in [0.15, 0.2) is 43.0 Å². The fourth-order valence-electron chi connectivity index (χ4n) is 4.87. The molecule has 5 rings (SSSR count). The van der Waals surface area contributed by atoms with Crippen molar-refractivity contribution in [3.05, 3.63) is 65.0 Å². The van der Waals surface area contributed by atoms with E-state index in [1.165, 1.54) is 6.20 Å². The highest BCUT2D eigenvalue weighted by atomic mass is 35.5. The summed E-state index contributed by atoms with van der Waals surface area (Å²) in [6.07, 6.45) is 9.63. The summed E-state index contributed by atoms with van der Waals surface area (Å²) in [5.41, 5.74) is 2.15. The van der Waals surface area contributed by atoms with Gasteiger partial charge in [0.1, 0.15) is 23.9 Å². The average molecular weight is 523 g/mol. The molecule has 0 aliphatic heterocycles. The minimum Gasteiger partial charge on any atom is -0.434 e. The molecule has 11 heteroatoms. The zero-order chi connectivity index (χ0) is 25.4. The largest absolute Gasteiger partial charge is 0.434 e. The van der Waals surface area contributed by atoms with E-state index in [0.29, 0.717) is 16.6 Å². The molecule has 0 saturated heterocycles. The summed E-state index contributed by atoms with van der Waals surface area (Å²) in [5, 5.41) is 14.3. The lowest BCUT2D eigenvalue weighted by atomic mass is 9.91. The van der Waals surface area contributed by atoms with E-state index >= 15 is 0 Å². The van der Waals surface area contributed by atoms with Gasteiger partial charge in [0.15, 0.2) is 0 Å². The van der Waals surface area contributed by atoms with Crippen LogP contribution >= 0.6 is 11.6 Å². The van der Waals surface area contributed by atoms with Crippen LogP contribution in [0.2, 0.25) is 5.02 Å². The third-order valence-corrected chi connectivity index (χ3v) is 7.11. The maximum Gasteiger partial charge on any atom is 0.387 e. The summed E-state index contributed by atoms with van der Waals surface area (Å²) in [4.78, 5) is 7.38. The Labute approximate surface area is 208 Å². The van der Waals surface area contributed by atoms with Gasteiger partial charge in [-0.05, 0) is 49.4 Å². The Bertz CT molecular complexity index is 1370. The predicted octanol–water partition coefficient (Wildman–Crippen LogP) is 6.40. The van der Waals surface area contributed by atoms with Gasteiger partial charge in [0.25, 0.3) is 0 Å². The van der Waals surface area contributed by atoms with Crippen molar-refractivity contribution in [1.29, 1.82) is 0 Å². The first-order valence-electron chi connectivity index (χ1n) is 11.5. The molecule has 1 aliphatic rings. The number of nitrogens with one attached hydrogen (secondary N) is 1. The van der Waals surface area contributed by atoms with Crippen LogP contribution in [0.4, 0.5) is 17.6 Å². The van der Waals surface area contributed by atoms with E-state index in [-0.39, 0.29) is 17.7 Å². The monoisotopic (exact) mass is 522 g/mol. The van der Waals surface area contributed by atoms with E-state index in [4.69, 9.17) is 11.6 Å². The number of aliphatic hydroxyl groups excluding tert-OH is 1. The van der Waals surface area contributed by atoms with Gasteiger partial charge in [-0.2, -0.15) is 13.9 Å². The van der Waals surface area contributed by atoms with Crippen molar-refractivity contribution >= 4 is 22.6 Å². The Morgan fingerprint density at radius 2 is 1.94 bits per heavy atom. The smallest absolute Gasteiger partial charge is 0.387 e. The van der Waals surface area contributed by atoms with Gasteiger partial charge in [-0.15, -0.1) is 0 Å². The van der Waals surface area contributed by atoms with Gasteiger partial charge in [0.2, 0.25) is 0 Å². The van der Waals surface area contributed by atoms with Crippen molar-refractivity contribution in [2.75, 3.05) is 6.67 Å². The Hall–Kier alpha value is -3.11. The van der Waals surface area contributed by atoms with Gasteiger partial charge in [-0.1, -0.05) is 11.6 Å². The summed E-state index contributed by atoms with van der Waals surface area (Å²) in [5.74, 6) is -2.44. The van der Waals surface area contributed by atoms with Crippen LogP contribution < -0.4 is 4.74 Å². The maximum atomic E-state index is 14.4. The summed E-state index contributed by atoms with van der Waals surface area (Å²) in [6.45, 7) is -4.23. The molecule has 1 aliphatic carbocycles. The molecule has 190 valence electrons.